The molecular formula is C7H10IN. The van der Waals surface area contributed by atoms with E-state index in [2.05, 4.69) is 53.3 Å². The standard InChI is InChI=1S/C7H10IN/c1-3-6-4-5-7(8)9(6)2/h4-5H,3H2,1-2H3. The first-order valence-corrected chi connectivity index (χ1v) is 4.13. The van der Waals surface area contributed by atoms with Gasteiger partial charge in [0, 0.05) is 12.7 Å². The molecule has 9 heavy (non-hydrogen) atoms. The highest BCUT2D eigenvalue weighted by Gasteiger charge is 1.96. The Labute approximate surface area is 69.2 Å². The summed E-state index contributed by atoms with van der Waals surface area (Å²) in [6.45, 7) is 2.17. The molecule has 1 rings (SSSR count). The Morgan fingerprint density at radius 2 is 2.22 bits per heavy atom. The van der Waals surface area contributed by atoms with Gasteiger partial charge in [0.15, 0.2) is 0 Å². The Morgan fingerprint density at radius 3 is 2.44 bits per heavy atom. The molecule has 0 aromatic carbocycles. The van der Waals surface area contributed by atoms with Crippen molar-refractivity contribution < 1.29 is 0 Å². The van der Waals surface area contributed by atoms with E-state index in [0.29, 0.717) is 0 Å². The van der Waals surface area contributed by atoms with Crippen LogP contribution < -0.4 is 0 Å². The van der Waals surface area contributed by atoms with E-state index in [9.17, 15) is 0 Å². The van der Waals surface area contributed by atoms with Gasteiger partial charge in [0.05, 0.1) is 3.70 Å². The average molecular weight is 235 g/mol. The van der Waals surface area contributed by atoms with Crippen molar-refractivity contribution in [3.8, 4) is 0 Å². The first-order chi connectivity index (χ1) is 4.25. The van der Waals surface area contributed by atoms with Crippen LogP contribution in [0.15, 0.2) is 12.1 Å². The lowest BCUT2D eigenvalue weighted by molar-refractivity contribution is 0.818. The van der Waals surface area contributed by atoms with Crippen LogP contribution in [0.5, 0.6) is 0 Å². The van der Waals surface area contributed by atoms with Crippen LogP contribution in [0.4, 0.5) is 0 Å². The second-order valence-electron chi connectivity index (χ2n) is 2.06. The van der Waals surface area contributed by atoms with Gasteiger partial charge in [0.25, 0.3) is 0 Å². The zero-order valence-corrected chi connectivity index (χ0v) is 7.84. The van der Waals surface area contributed by atoms with Gasteiger partial charge in [0.1, 0.15) is 0 Å². The largest absolute Gasteiger partial charge is 0.343 e. The van der Waals surface area contributed by atoms with Gasteiger partial charge >= 0.3 is 0 Å². The van der Waals surface area contributed by atoms with Crippen LogP contribution in [0.25, 0.3) is 0 Å². The van der Waals surface area contributed by atoms with E-state index < -0.39 is 0 Å². The lowest BCUT2D eigenvalue weighted by atomic mass is 10.3. The Hall–Kier alpha value is 0.01000. The second kappa shape index (κ2) is 2.73. The zero-order valence-electron chi connectivity index (χ0n) is 5.69. The molecule has 0 amide bonds. The summed E-state index contributed by atoms with van der Waals surface area (Å²) in [6.07, 6.45) is 1.12. The van der Waals surface area contributed by atoms with Gasteiger partial charge < -0.3 is 4.57 Å². The molecule has 0 atom stereocenters. The molecule has 1 aromatic rings. The number of hydrogen-bond donors (Lipinski definition) is 0. The van der Waals surface area contributed by atoms with Crippen molar-refractivity contribution in [2.75, 3.05) is 0 Å². The van der Waals surface area contributed by atoms with Crippen molar-refractivity contribution in [2.24, 2.45) is 7.05 Å². The van der Waals surface area contributed by atoms with Crippen molar-refractivity contribution >= 4 is 22.6 Å². The van der Waals surface area contributed by atoms with Gasteiger partial charge in [-0.1, -0.05) is 6.92 Å². The van der Waals surface area contributed by atoms with Crippen molar-refractivity contribution in [2.45, 2.75) is 13.3 Å². The lowest BCUT2D eigenvalue weighted by Crippen LogP contribution is -1.95. The molecule has 0 saturated carbocycles. The molecule has 0 saturated heterocycles. The summed E-state index contributed by atoms with van der Waals surface area (Å²) >= 11 is 2.33. The minimum Gasteiger partial charge on any atom is -0.343 e. The molecule has 0 fully saturated rings. The molecule has 2 heteroatoms. The zero-order chi connectivity index (χ0) is 6.85. The third-order valence-electron chi connectivity index (χ3n) is 1.53. The molecule has 1 nitrogen and oxygen atoms in total. The normalized spacial score (nSPS) is 10.1. The maximum atomic E-state index is 2.33. The quantitative estimate of drug-likeness (QED) is 0.657. The number of nitrogens with zero attached hydrogens (tertiary/aromatic N) is 1. The van der Waals surface area contributed by atoms with Gasteiger partial charge in [-0.3, -0.25) is 0 Å². The molecule has 0 aliphatic carbocycles. The monoisotopic (exact) mass is 235 g/mol. The Morgan fingerprint density at radius 1 is 1.56 bits per heavy atom. The molecule has 0 aliphatic rings. The predicted molar refractivity (Wildman–Crippen MR) is 47.5 cm³/mol. The molecule has 0 aliphatic heterocycles. The highest BCUT2D eigenvalue weighted by atomic mass is 127. The molecule has 0 unspecified atom stereocenters. The van der Waals surface area contributed by atoms with Gasteiger partial charge in [-0.05, 0) is 41.1 Å². The summed E-state index contributed by atoms with van der Waals surface area (Å²) in [5.74, 6) is 0. The third kappa shape index (κ3) is 1.28. The van der Waals surface area contributed by atoms with Gasteiger partial charge in [-0.15, -0.1) is 0 Å². The van der Waals surface area contributed by atoms with E-state index in [1.165, 1.54) is 9.39 Å². The summed E-state index contributed by atoms with van der Waals surface area (Å²) in [4.78, 5) is 0. The fourth-order valence-corrected chi connectivity index (χ4v) is 1.37. The van der Waals surface area contributed by atoms with Crippen molar-refractivity contribution in [1.29, 1.82) is 0 Å². The van der Waals surface area contributed by atoms with Crippen LogP contribution in [0, 0.1) is 3.70 Å². The second-order valence-corrected chi connectivity index (χ2v) is 3.17. The van der Waals surface area contributed by atoms with Crippen molar-refractivity contribution in [3.63, 3.8) is 0 Å². The van der Waals surface area contributed by atoms with Crippen molar-refractivity contribution in [3.05, 3.63) is 21.5 Å². The summed E-state index contributed by atoms with van der Waals surface area (Å²) in [5.41, 5.74) is 1.40. The van der Waals surface area contributed by atoms with Crippen LogP contribution in [0.3, 0.4) is 0 Å². The van der Waals surface area contributed by atoms with Crippen LogP contribution in [0.1, 0.15) is 12.6 Å². The van der Waals surface area contributed by atoms with Gasteiger partial charge in [0.2, 0.25) is 0 Å². The van der Waals surface area contributed by atoms with E-state index >= 15 is 0 Å². The minimum atomic E-state index is 1.12. The molecule has 50 valence electrons. The van der Waals surface area contributed by atoms with E-state index in [1.807, 2.05) is 0 Å². The van der Waals surface area contributed by atoms with Crippen LogP contribution in [-0.4, -0.2) is 4.57 Å². The number of rotatable bonds is 1. The van der Waals surface area contributed by atoms with Crippen LogP contribution >= 0.6 is 22.6 Å². The van der Waals surface area contributed by atoms with Crippen molar-refractivity contribution in [1.82, 2.24) is 4.57 Å². The number of aryl methyl sites for hydroxylation is 1. The Kier molecular flexibility index (Phi) is 2.16. The number of halogens is 1. The summed E-state index contributed by atoms with van der Waals surface area (Å²) < 4.78 is 3.52. The summed E-state index contributed by atoms with van der Waals surface area (Å²) in [6, 6.07) is 4.31. The molecule has 0 bridgehead atoms. The molecule has 1 heterocycles. The van der Waals surface area contributed by atoms with Gasteiger partial charge in [-0.2, -0.15) is 0 Å². The SMILES string of the molecule is CCc1ccc(I)n1C. The molecule has 0 spiro atoms. The predicted octanol–water partition coefficient (Wildman–Crippen LogP) is 2.19. The number of aromatic nitrogens is 1. The first kappa shape index (κ1) is 7.12. The molecular weight excluding hydrogens is 225 g/mol. The average Bonchev–Trinajstić information content (AvgIpc) is 2.15. The lowest BCUT2D eigenvalue weighted by Gasteiger charge is -1.98. The highest BCUT2D eigenvalue weighted by Crippen LogP contribution is 2.09. The maximum absolute atomic E-state index is 2.33. The van der Waals surface area contributed by atoms with Gasteiger partial charge in [-0.25, -0.2) is 0 Å². The maximum Gasteiger partial charge on any atom is 0.0797 e. The molecule has 1 aromatic heterocycles. The van der Waals surface area contributed by atoms with E-state index in [1.54, 1.807) is 0 Å². The van der Waals surface area contributed by atoms with Crippen LogP contribution in [-0.2, 0) is 13.5 Å². The number of hydrogen-bond acceptors (Lipinski definition) is 0. The molecule has 0 N–H and O–H groups in total. The topological polar surface area (TPSA) is 4.93 Å². The smallest absolute Gasteiger partial charge is 0.0797 e. The fraction of sp³-hybridized carbons (Fsp3) is 0.429. The summed E-state index contributed by atoms with van der Waals surface area (Å²) in [7, 11) is 2.10. The third-order valence-corrected chi connectivity index (χ3v) is 2.61. The fourth-order valence-electron chi connectivity index (χ4n) is 0.881. The molecule has 0 radical (unpaired) electrons. The van der Waals surface area contributed by atoms with E-state index in [4.69, 9.17) is 0 Å². The van der Waals surface area contributed by atoms with E-state index in [0.717, 1.165) is 6.42 Å². The van der Waals surface area contributed by atoms with E-state index in [-0.39, 0.29) is 0 Å². The Balaban J connectivity index is 3.04. The Bertz CT molecular complexity index is 203. The van der Waals surface area contributed by atoms with Crippen LogP contribution in [0.2, 0.25) is 0 Å². The highest BCUT2D eigenvalue weighted by molar-refractivity contribution is 14.1. The minimum absolute atomic E-state index is 1.12. The first-order valence-electron chi connectivity index (χ1n) is 3.05. The summed E-state index contributed by atoms with van der Waals surface area (Å²) in [5, 5.41) is 0.